The largest absolute Gasteiger partial charge is 0.398 e. The van der Waals surface area contributed by atoms with Crippen molar-refractivity contribution in [3.63, 3.8) is 0 Å². The van der Waals surface area contributed by atoms with E-state index in [1.807, 2.05) is 0 Å². The molecule has 3 rings (SSSR count). The molecule has 2 saturated carbocycles. The van der Waals surface area contributed by atoms with E-state index < -0.39 is 5.82 Å². The standard InChI is InChI=1S/C15H19FN2O/c16-11-5-6-14(17)12(7-11)15(19)18-8-13(9-1-2-9)10-3-4-10/h5-7,9-10,13H,1-4,8,17H2,(H,18,19). The van der Waals surface area contributed by atoms with E-state index in [0.717, 1.165) is 11.8 Å². The Bertz CT molecular complexity index is 483. The summed E-state index contributed by atoms with van der Waals surface area (Å²) in [5, 5.41) is 2.92. The number of anilines is 1. The second kappa shape index (κ2) is 4.83. The van der Waals surface area contributed by atoms with Gasteiger partial charge in [-0.15, -0.1) is 0 Å². The van der Waals surface area contributed by atoms with Gasteiger partial charge in [-0.1, -0.05) is 0 Å². The molecule has 0 bridgehead atoms. The maximum atomic E-state index is 13.1. The fourth-order valence-corrected chi connectivity index (χ4v) is 2.80. The van der Waals surface area contributed by atoms with E-state index in [-0.39, 0.29) is 11.5 Å². The molecule has 0 saturated heterocycles. The third-order valence-corrected chi connectivity index (χ3v) is 4.21. The zero-order valence-corrected chi connectivity index (χ0v) is 10.9. The van der Waals surface area contributed by atoms with Crippen LogP contribution in [0.25, 0.3) is 0 Å². The maximum absolute atomic E-state index is 13.1. The first kappa shape index (κ1) is 12.5. The van der Waals surface area contributed by atoms with Gasteiger partial charge >= 0.3 is 0 Å². The monoisotopic (exact) mass is 262 g/mol. The number of rotatable bonds is 5. The van der Waals surface area contributed by atoms with Crippen molar-refractivity contribution >= 4 is 11.6 Å². The molecule has 2 fully saturated rings. The molecule has 1 aromatic rings. The highest BCUT2D eigenvalue weighted by atomic mass is 19.1. The Labute approximate surface area is 112 Å². The lowest BCUT2D eigenvalue weighted by Crippen LogP contribution is -2.31. The molecule has 2 aliphatic carbocycles. The van der Waals surface area contributed by atoms with Crippen molar-refractivity contribution in [1.29, 1.82) is 0 Å². The van der Waals surface area contributed by atoms with E-state index in [1.165, 1.54) is 43.9 Å². The minimum absolute atomic E-state index is 0.241. The molecule has 0 atom stereocenters. The number of nitrogens with two attached hydrogens (primary N) is 1. The summed E-state index contributed by atoms with van der Waals surface area (Å²) < 4.78 is 13.1. The molecule has 0 aromatic heterocycles. The first-order valence-corrected chi connectivity index (χ1v) is 6.98. The highest BCUT2D eigenvalue weighted by Crippen LogP contribution is 2.48. The number of carbonyl (C=O) groups excluding carboxylic acids is 1. The van der Waals surface area contributed by atoms with Crippen molar-refractivity contribution < 1.29 is 9.18 Å². The number of hydrogen-bond acceptors (Lipinski definition) is 2. The van der Waals surface area contributed by atoms with E-state index in [0.29, 0.717) is 18.2 Å². The van der Waals surface area contributed by atoms with Crippen LogP contribution in [0, 0.1) is 23.6 Å². The second-order valence-corrected chi connectivity index (χ2v) is 5.78. The summed E-state index contributed by atoms with van der Waals surface area (Å²) >= 11 is 0. The number of carbonyl (C=O) groups is 1. The average molecular weight is 262 g/mol. The average Bonchev–Trinajstić information content (AvgIpc) is 3.25. The van der Waals surface area contributed by atoms with Gasteiger partial charge in [-0.3, -0.25) is 4.79 Å². The van der Waals surface area contributed by atoms with Gasteiger partial charge in [0, 0.05) is 12.2 Å². The Kier molecular flexibility index (Phi) is 3.17. The number of nitrogens with one attached hydrogen (secondary N) is 1. The first-order valence-electron chi connectivity index (χ1n) is 6.98. The van der Waals surface area contributed by atoms with Gasteiger partial charge < -0.3 is 11.1 Å². The summed E-state index contributed by atoms with van der Waals surface area (Å²) in [6.45, 7) is 0.699. The Morgan fingerprint density at radius 1 is 1.32 bits per heavy atom. The molecular formula is C15H19FN2O. The lowest BCUT2D eigenvalue weighted by Gasteiger charge is -2.16. The van der Waals surface area contributed by atoms with Gasteiger partial charge in [0.25, 0.3) is 5.91 Å². The zero-order chi connectivity index (χ0) is 13.4. The predicted octanol–water partition coefficient (Wildman–Crippen LogP) is 2.57. The molecule has 4 heteroatoms. The van der Waals surface area contributed by atoms with Crippen molar-refractivity contribution in [2.24, 2.45) is 17.8 Å². The molecule has 0 spiro atoms. The summed E-state index contributed by atoms with van der Waals surface area (Å²) in [7, 11) is 0. The van der Waals surface area contributed by atoms with Crippen LogP contribution in [0.5, 0.6) is 0 Å². The van der Waals surface area contributed by atoms with Gasteiger partial charge in [0.1, 0.15) is 5.82 Å². The van der Waals surface area contributed by atoms with E-state index in [4.69, 9.17) is 5.73 Å². The first-order chi connectivity index (χ1) is 9.15. The quantitative estimate of drug-likeness (QED) is 0.801. The van der Waals surface area contributed by atoms with Gasteiger partial charge in [-0.05, 0) is 61.6 Å². The summed E-state index contributed by atoms with van der Waals surface area (Å²) in [6, 6.07) is 3.90. The number of benzene rings is 1. The van der Waals surface area contributed by atoms with E-state index in [1.54, 1.807) is 0 Å². The third kappa shape index (κ3) is 2.88. The number of halogens is 1. The molecule has 0 heterocycles. The predicted molar refractivity (Wildman–Crippen MR) is 72.1 cm³/mol. The molecule has 0 unspecified atom stereocenters. The third-order valence-electron chi connectivity index (χ3n) is 4.21. The Balaban J connectivity index is 1.62. The van der Waals surface area contributed by atoms with E-state index in [9.17, 15) is 9.18 Å². The van der Waals surface area contributed by atoms with Crippen LogP contribution in [0.15, 0.2) is 18.2 Å². The van der Waals surface area contributed by atoms with Crippen LogP contribution in [-0.4, -0.2) is 12.5 Å². The van der Waals surface area contributed by atoms with Gasteiger partial charge in [-0.2, -0.15) is 0 Å². The van der Waals surface area contributed by atoms with E-state index >= 15 is 0 Å². The molecule has 0 radical (unpaired) electrons. The molecule has 3 nitrogen and oxygen atoms in total. The zero-order valence-electron chi connectivity index (χ0n) is 10.9. The molecule has 3 N–H and O–H groups in total. The van der Waals surface area contributed by atoms with Crippen LogP contribution in [0.4, 0.5) is 10.1 Å². The fourth-order valence-electron chi connectivity index (χ4n) is 2.80. The van der Waals surface area contributed by atoms with Crippen molar-refractivity contribution in [3.8, 4) is 0 Å². The molecule has 2 aliphatic rings. The van der Waals surface area contributed by atoms with Gasteiger partial charge in [0.05, 0.1) is 5.56 Å². The summed E-state index contributed by atoms with van der Waals surface area (Å²) in [5.41, 5.74) is 6.28. The molecular weight excluding hydrogens is 243 g/mol. The van der Waals surface area contributed by atoms with Crippen LogP contribution >= 0.6 is 0 Å². The van der Waals surface area contributed by atoms with E-state index in [2.05, 4.69) is 5.32 Å². The van der Waals surface area contributed by atoms with Gasteiger partial charge in [0.15, 0.2) is 0 Å². The maximum Gasteiger partial charge on any atom is 0.253 e. The Morgan fingerprint density at radius 2 is 1.95 bits per heavy atom. The summed E-state index contributed by atoms with van der Waals surface area (Å²) in [4.78, 5) is 12.1. The van der Waals surface area contributed by atoms with Gasteiger partial charge in [-0.25, -0.2) is 4.39 Å². The summed E-state index contributed by atoms with van der Waals surface area (Å²) in [6.07, 6.45) is 5.16. The molecule has 19 heavy (non-hydrogen) atoms. The van der Waals surface area contributed by atoms with Crippen molar-refractivity contribution in [3.05, 3.63) is 29.6 Å². The van der Waals surface area contributed by atoms with Crippen LogP contribution < -0.4 is 11.1 Å². The van der Waals surface area contributed by atoms with Crippen LogP contribution in [-0.2, 0) is 0 Å². The number of amides is 1. The van der Waals surface area contributed by atoms with Crippen molar-refractivity contribution in [2.45, 2.75) is 25.7 Å². The highest BCUT2D eigenvalue weighted by molar-refractivity contribution is 5.99. The van der Waals surface area contributed by atoms with Crippen LogP contribution in [0.3, 0.4) is 0 Å². The van der Waals surface area contributed by atoms with Crippen molar-refractivity contribution in [1.82, 2.24) is 5.32 Å². The molecule has 0 aliphatic heterocycles. The lowest BCUT2D eigenvalue weighted by molar-refractivity contribution is 0.0944. The smallest absolute Gasteiger partial charge is 0.253 e. The summed E-state index contributed by atoms with van der Waals surface area (Å²) in [5.74, 6) is 1.50. The number of nitrogen functional groups attached to an aromatic ring is 1. The fraction of sp³-hybridized carbons (Fsp3) is 0.533. The molecule has 1 amide bonds. The van der Waals surface area contributed by atoms with Gasteiger partial charge in [0.2, 0.25) is 0 Å². The minimum Gasteiger partial charge on any atom is -0.398 e. The Morgan fingerprint density at radius 3 is 2.53 bits per heavy atom. The molecule has 102 valence electrons. The minimum atomic E-state index is -0.430. The van der Waals surface area contributed by atoms with Crippen LogP contribution in [0.1, 0.15) is 36.0 Å². The topological polar surface area (TPSA) is 55.1 Å². The number of hydrogen-bond donors (Lipinski definition) is 2. The van der Waals surface area contributed by atoms with Crippen molar-refractivity contribution in [2.75, 3.05) is 12.3 Å². The SMILES string of the molecule is Nc1ccc(F)cc1C(=O)NCC(C1CC1)C1CC1. The lowest BCUT2D eigenvalue weighted by atomic mass is 9.98. The Hall–Kier alpha value is -1.58. The molecule has 1 aromatic carbocycles. The second-order valence-electron chi connectivity index (χ2n) is 5.78. The normalized spacial score (nSPS) is 18.6. The highest BCUT2D eigenvalue weighted by Gasteiger charge is 2.41. The van der Waals surface area contributed by atoms with Crippen LogP contribution in [0.2, 0.25) is 0 Å².